The molecule has 0 aromatic carbocycles. The van der Waals surface area contributed by atoms with E-state index in [1.807, 2.05) is 6.92 Å². The van der Waals surface area contributed by atoms with E-state index in [0.717, 1.165) is 26.0 Å². The Morgan fingerprint density at radius 2 is 2.00 bits per heavy atom. The van der Waals surface area contributed by atoms with Gasteiger partial charge in [0, 0.05) is 13.2 Å². The average molecular weight is 286 g/mol. The zero-order chi connectivity index (χ0) is 15.4. The second-order valence-electron chi connectivity index (χ2n) is 5.86. The maximum atomic E-state index is 11.6. The lowest BCUT2D eigenvalue weighted by Crippen LogP contribution is -2.54. The van der Waals surface area contributed by atoms with Gasteiger partial charge < -0.3 is 15.8 Å². The second-order valence-corrected chi connectivity index (χ2v) is 5.86. The van der Waals surface area contributed by atoms with E-state index in [4.69, 9.17) is 10.5 Å². The average Bonchev–Trinajstić information content (AvgIpc) is 2.44. The number of nitrogens with one attached hydrogen (secondary N) is 1. The molecule has 0 aliphatic heterocycles. The predicted molar refractivity (Wildman–Crippen MR) is 84.6 cm³/mol. The van der Waals surface area contributed by atoms with Crippen LogP contribution in [0.1, 0.15) is 66.2 Å². The van der Waals surface area contributed by atoms with Crippen molar-refractivity contribution in [1.29, 1.82) is 0 Å². The molecule has 0 spiro atoms. The number of hydrogen-bond acceptors (Lipinski definition) is 3. The Hall–Kier alpha value is -0.610. The van der Waals surface area contributed by atoms with Crippen molar-refractivity contribution in [2.45, 2.75) is 71.8 Å². The molecule has 0 aromatic rings. The van der Waals surface area contributed by atoms with Gasteiger partial charge in [0.25, 0.3) is 0 Å². The van der Waals surface area contributed by atoms with E-state index >= 15 is 0 Å². The molecule has 2 unspecified atom stereocenters. The van der Waals surface area contributed by atoms with E-state index in [9.17, 15) is 4.79 Å². The molecule has 120 valence electrons. The summed E-state index contributed by atoms with van der Waals surface area (Å²) in [5.74, 6) is 0.339. The molecule has 0 saturated heterocycles. The summed E-state index contributed by atoms with van der Waals surface area (Å²) in [5.41, 5.74) is 4.84. The van der Waals surface area contributed by atoms with Crippen LogP contribution < -0.4 is 11.1 Å². The Labute approximate surface area is 124 Å². The Morgan fingerprint density at radius 3 is 2.50 bits per heavy atom. The largest absolute Gasteiger partial charge is 0.381 e. The highest BCUT2D eigenvalue weighted by Crippen LogP contribution is 2.14. The molecule has 4 heteroatoms. The van der Waals surface area contributed by atoms with Gasteiger partial charge in [0.2, 0.25) is 5.91 Å². The normalized spacial score (nSPS) is 15.8. The van der Waals surface area contributed by atoms with Crippen LogP contribution in [-0.2, 0) is 9.53 Å². The molecule has 20 heavy (non-hydrogen) atoms. The molecule has 2 atom stereocenters. The summed E-state index contributed by atoms with van der Waals surface area (Å²) < 4.78 is 5.76. The number of carbonyl (C=O) groups is 1. The first-order valence-electron chi connectivity index (χ1n) is 8.12. The summed E-state index contributed by atoms with van der Waals surface area (Å²) in [6.45, 7) is 10.5. The smallest absolute Gasteiger partial charge is 0.237 e. The zero-order valence-electron chi connectivity index (χ0n) is 13.8. The Morgan fingerprint density at radius 1 is 1.30 bits per heavy atom. The number of nitrogens with two attached hydrogens (primary N) is 1. The molecule has 0 saturated carbocycles. The summed E-state index contributed by atoms with van der Waals surface area (Å²) in [6, 6.07) is 0. The number of primary amides is 1. The van der Waals surface area contributed by atoms with E-state index in [2.05, 4.69) is 26.1 Å². The lowest BCUT2D eigenvalue weighted by molar-refractivity contribution is -0.124. The SMILES string of the molecule is CCCCC(CC)COCCC(C)(NCCC)C(N)=O. The first-order valence-corrected chi connectivity index (χ1v) is 8.12. The third-order valence-electron chi connectivity index (χ3n) is 3.95. The van der Waals surface area contributed by atoms with Crippen molar-refractivity contribution in [3.63, 3.8) is 0 Å². The van der Waals surface area contributed by atoms with Crippen molar-refractivity contribution in [3.05, 3.63) is 0 Å². The maximum Gasteiger partial charge on any atom is 0.237 e. The van der Waals surface area contributed by atoms with E-state index in [1.54, 1.807) is 0 Å². The highest BCUT2D eigenvalue weighted by Gasteiger charge is 2.29. The third kappa shape index (κ3) is 7.85. The first-order chi connectivity index (χ1) is 9.50. The van der Waals surface area contributed by atoms with Crippen LogP contribution in [-0.4, -0.2) is 31.2 Å². The van der Waals surface area contributed by atoms with Crippen LogP contribution in [0.2, 0.25) is 0 Å². The van der Waals surface area contributed by atoms with Gasteiger partial charge in [-0.2, -0.15) is 0 Å². The number of carbonyl (C=O) groups excluding carboxylic acids is 1. The van der Waals surface area contributed by atoms with E-state index in [1.165, 1.54) is 19.3 Å². The highest BCUT2D eigenvalue weighted by molar-refractivity contribution is 5.84. The van der Waals surface area contributed by atoms with E-state index in [-0.39, 0.29) is 5.91 Å². The minimum atomic E-state index is -0.652. The van der Waals surface area contributed by atoms with Crippen LogP contribution in [0.4, 0.5) is 0 Å². The molecule has 1 amide bonds. The van der Waals surface area contributed by atoms with E-state index < -0.39 is 5.54 Å². The molecule has 4 nitrogen and oxygen atoms in total. The first kappa shape index (κ1) is 19.4. The van der Waals surface area contributed by atoms with Crippen LogP contribution >= 0.6 is 0 Å². The van der Waals surface area contributed by atoms with Crippen molar-refractivity contribution in [1.82, 2.24) is 5.32 Å². The fourth-order valence-corrected chi connectivity index (χ4v) is 2.12. The van der Waals surface area contributed by atoms with Crippen molar-refractivity contribution < 1.29 is 9.53 Å². The van der Waals surface area contributed by atoms with Crippen LogP contribution in [0.15, 0.2) is 0 Å². The molecule has 0 rings (SSSR count). The van der Waals surface area contributed by atoms with Crippen LogP contribution in [0.5, 0.6) is 0 Å². The van der Waals surface area contributed by atoms with Gasteiger partial charge in [0.15, 0.2) is 0 Å². The molecule has 0 bridgehead atoms. The number of amides is 1. The van der Waals surface area contributed by atoms with Gasteiger partial charge in [0.05, 0.1) is 5.54 Å². The zero-order valence-corrected chi connectivity index (χ0v) is 13.8. The molecule has 0 aliphatic carbocycles. The lowest BCUT2D eigenvalue weighted by atomic mass is 9.97. The molecule has 0 heterocycles. The molecule has 0 aromatic heterocycles. The number of unbranched alkanes of at least 4 members (excludes halogenated alkanes) is 1. The Balaban J connectivity index is 4.01. The molecule has 0 fully saturated rings. The molecular weight excluding hydrogens is 252 g/mol. The van der Waals surface area contributed by atoms with Gasteiger partial charge in [-0.25, -0.2) is 0 Å². The predicted octanol–water partition coefficient (Wildman–Crippen LogP) is 2.85. The number of ether oxygens (including phenoxy) is 1. The van der Waals surface area contributed by atoms with Gasteiger partial charge in [-0.1, -0.05) is 40.0 Å². The van der Waals surface area contributed by atoms with Crippen LogP contribution in [0.3, 0.4) is 0 Å². The van der Waals surface area contributed by atoms with Gasteiger partial charge >= 0.3 is 0 Å². The third-order valence-corrected chi connectivity index (χ3v) is 3.95. The van der Waals surface area contributed by atoms with Crippen molar-refractivity contribution in [3.8, 4) is 0 Å². The summed E-state index contributed by atoms with van der Waals surface area (Å²) >= 11 is 0. The van der Waals surface area contributed by atoms with Crippen molar-refractivity contribution >= 4 is 5.91 Å². The molecular formula is C16H34N2O2. The van der Waals surface area contributed by atoms with Crippen molar-refractivity contribution in [2.75, 3.05) is 19.8 Å². The van der Waals surface area contributed by atoms with Crippen molar-refractivity contribution in [2.24, 2.45) is 11.7 Å². The minimum absolute atomic E-state index is 0.299. The number of rotatable bonds is 13. The quantitative estimate of drug-likeness (QED) is 0.512. The standard InChI is InChI=1S/C16H34N2O2/c1-5-8-9-14(7-3)13-20-12-10-16(4,15(17)19)18-11-6-2/h14,18H,5-13H2,1-4H3,(H2,17,19). The topological polar surface area (TPSA) is 64.3 Å². The Bertz CT molecular complexity index is 259. The van der Waals surface area contributed by atoms with Gasteiger partial charge in [0.1, 0.15) is 0 Å². The fourth-order valence-electron chi connectivity index (χ4n) is 2.12. The monoisotopic (exact) mass is 286 g/mol. The summed E-state index contributed by atoms with van der Waals surface area (Å²) in [7, 11) is 0. The maximum absolute atomic E-state index is 11.6. The fraction of sp³-hybridized carbons (Fsp3) is 0.938. The molecule has 0 aliphatic rings. The molecule has 3 N–H and O–H groups in total. The second kappa shape index (κ2) is 11.1. The van der Waals surface area contributed by atoms with Gasteiger partial charge in [-0.05, 0) is 38.6 Å². The van der Waals surface area contributed by atoms with Crippen LogP contribution in [0.25, 0.3) is 0 Å². The van der Waals surface area contributed by atoms with E-state index in [0.29, 0.717) is 18.9 Å². The highest BCUT2D eigenvalue weighted by atomic mass is 16.5. The summed E-state index contributed by atoms with van der Waals surface area (Å²) in [4.78, 5) is 11.6. The van der Waals surface area contributed by atoms with Gasteiger partial charge in [-0.15, -0.1) is 0 Å². The Kier molecular flexibility index (Phi) is 10.8. The number of hydrogen-bond donors (Lipinski definition) is 2. The summed E-state index contributed by atoms with van der Waals surface area (Å²) in [5, 5.41) is 3.23. The van der Waals surface area contributed by atoms with Crippen LogP contribution in [0, 0.1) is 5.92 Å². The molecule has 0 radical (unpaired) electrons. The lowest BCUT2D eigenvalue weighted by Gasteiger charge is -2.27. The van der Waals surface area contributed by atoms with Gasteiger partial charge in [-0.3, -0.25) is 4.79 Å². The summed E-state index contributed by atoms with van der Waals surface area (Å²) in [6.07, 6.45) is 6.50. The minimum Gasteiger partial charge on any atom is -0.381 e.